The van der Waals surface area contributed by atoms with Crippen LogP contribution in [-0.4, -0.2) is 10.9 Å². The van der Waals surface area contributed by atoms with Gasteiger partial charge in [0.1, 0.15) is 17.5 Å². The van der Waals surface area contributed by atoms with E-state index in [0.29, 0.717) is 17.1 Å². The van der Waals surface area contributed by atoms with Gasteiger partial charge in [-0.15, -0.1) is 0 Å². The van der Waals surface area contributed by atoms with Crippen LogP contribution in [0, 0.1) is 11.6 Å². The number of hydrogen-bond acceptors (Lipinski definition) is 3. The van der Waals surface area contributed by atoms with Crippen LogP contribution < -0.4 is 10.7 Å². The number of benzene rings is 1. The molecule has 0 fully saturated rings. The maximum absolute atomic E-state index is 13.9. The normalized spacial score (nSPS) is 17.4. The first kappa shape index (κ1) is 12.4. The Kier molecular flexibility index (Phi) is 2.78. The number of carbonyl (C=O) groups is 1. The van der Waals surface area contributed by atoms with Crippen LogP contribution in [0.5, 0.6) is 0 Å². The number of hydrazine groups is 1. The predicted octanol–water partition coefficient (Wildman–Crippen LogP) is 2.00. The van der Waals surface area contributed by atoms with Crippen LogP contribution >= 0.6 is 0 Å². The lowest BCUT2D eigenvalue weighted by Gasteiger charge is -2.33. The Morgan fingerprint density at radius 3 is 2.80 bits per heavy atom. The number of rotatable bonds is 1. The van der Waals surface area contributed by atoms with Crippen LogP contribution in [0.2, 0.25) is 0 Å². The molecule has 1 aromatic carbocycles. The van der Waals surface area contributed by atoms with Gasteiger partial charge in [-0.1, -0.05) is 0 Å². The van der Waals surface area contributed by atoms with Gasteiger partial charge in [0.15, 0.2) is 0 Å². The third-order valence-corrected chi connectivity index (χ3v) is 3.10. The Bertz CT molecular complexity index is 692. The molecule has 0 aromatic heterocycles. The highest BCUT2D eigenvalue weighted by Crippen LogP contribution is 2.28. The van der Waals surface area contributed by atoms with E-state index in [0.717, 1.165) is 6.07 Å². The maximum Gasteiger partial charge on any atom is 0.272 e. The summed E-state index contributed by atoms with van der Waals surface area (Å²) in [6.45, 7) is 1.72. The van der Waals surface area contributed by atoms with Crippen molar-refractivity contribution in [2.24, 2.45) is 0 Å². The molecule has 2 aliphatic heterocycles. The number of amides is 1. The number of nitrogens with one attached hydrogen (secondary N) is 2. The van der Waals surface area contributed by atoms with Crippen molar-refractivity contribution in [3.63, 3.8) is 0 Å². The summed E-state index contributed by atoms with van der Waals surface area (Å²) in [5.41, 5.74) is 4.31. The molecule has 0 atom stereocenters. The fourth-order valence-electron chi connectivity index (χ4n) is 2.14. The van der Waals surface area contributed by atoms with Gasteiger partial charge in [0.2, 0.25) is 0 Å². The molecule has 0 spiro atoms. The van der Waals surface area contributed by atoms with E-state index in [1.807, 2.05) is 0 Å². The molecule has 1 aromatic rings. The molecule has 6 heteroatoms. The van der Waals surface area contributed by atoms with Crippen molar-refractivity contribution in [1.82, 2.24) is 15.8 Å². The van der Waals surface area contributed by atoms with Gasteiger partial charge in [0.25, 0.3) is 5.91 Å². The van der Waals surface area contributed by atoms with E-state index in [1.54, 1.807) is 13.0 Å². The Labute approximate surface area is 114 Å². The summed E-state index contributed by atoms with van der Waals surface area (Å²) in [5, 5.41) is 4.21. The molecule has 2 heterocycles. The molecule has 3 rings (SSSR count). The molecule has 2 N–H and O–H groups in total. The van der Waals surface area contributed by atoms with Crippen molar-refractivity contribution in [2.75, 3.05) is 0 Å². The molecule has 0 bridgehead atoms. The van der Waals surface area contributed by atoms with Crippen molar-refractivity contribution in [1.29, 1.82) is 0 Å². The third kappa shape index (κ3) is 1.95. The van der Waals surface area contributed by atoms with Crippen molar-refractivity contribution < 1.29 is 13.6 Å². The van der Waals surface area contributed by atoms with Gasteiger partial charge in [-0.05, 0) is 25.1 Å². The van der Waals surface area contributed by atoms with Gasteiger partial charge < -0.3 is 5.32 Å². The minimum absolute atomic E-state index is 0.229. The van der Waals surface area contributed by atoms with Crippen molar-refractivity contribution >= 4 is 11.5 Å². The monoisotopic (exact) mass is 275 g/mol. The van der Waals surface area contributed by atoms with E-state index in [1.165, 1.54) is 29.4 Å². The van der Waals surface area contributed by atoms with E-state index in [4.69, 9.17) is 0 Å². The number of halogens is 2. The van der Waals surface area contributed by atoms with Gasteiger partial charge in [0, 0.05) is 35.2 Å². The van der Waals surface area contributed by atoms with Gasteiger partial charge in [-0.3, -0.25) is 10.2 Å². The number of hydrogen-bond donors (Lipinski definition) is 2. The molecule has 0 radical (unpaired) electrons. The summed E-state index contributed by atoms with van der Waals surface area (Å²) in [6, 6.07) is 3.40. The Morgan fingerprint density at radius 2 is 2.05 bits per heavy atom. The molecule has 20 heavy (non-hydrogen) atoms. The summed E-state index contributed by atoms with van der Waals surface area (Å²) in [5.74, 6) is -1.02. The second-order valence-electron chi connectivity index (χ2n) is 4.46. The van der Waals surface area contributed by atoms with Gasteiger partial charge >= 0.3 is 0 Å². The molecule has 0 saturated heterocycles. The molecule has 0 saturated carbocycles. The largest absolute Gasteiger partial charge is 0.346 e. The highest BCUT2D eigenvalue weighted by atomic mass is 19.1. The molecule has 2 aliphatic rings. The second-order valence-corrected chi connectivity index (χ2v) is 4.46. The summed E-state index contributed by atoms with van der Waals surface area (Å²) < 4.78 is 26.8. The smallest absolute Gasteiger partial charge is 0.272 e. The van der Waals surface area contributed by atoms with Crippen molar-refractivity contribution in [3.05, 3.63) is 65.3 Å². The lowest BCUT2D eigenvalue weighted by molar-refractivity contribution is -0.127. The van der Waals surface area contributed by atoms with Gasteiger partial charge in [0.05, 0.1) is 0 Å². The lowest BCUT2D eigenvalue weighted by atomic mass is 10.0. The minimum atomic E-state index is -0.649. The first-order chi connectivity index (χ1) is 9.56. The fraction of sp³-hybridized carbons (Fsp3) is 0.0714. The molecular formula is C14H11F2N3O. The highest BCUT2D eigenvalue weighted by Gasteiger charge is 2.25. The molecule has 4 nitrogen and oxygen atoms in total. The van der Waals surface area contributed by atoms with Gasteiger partial charge in [-0.25, -0.2) is 13.8 Å². The van der Waals surface area contributed by atoms with Crippen molar-refractivity contribution in [3.8, 4) is 0 Å². The van der Waals surface area contributed by atoms with Crippen LogP contribution in [0.25, 0.3) is 5.57 Å². The average molecular weight is 275 g/mol. The minimum Gasteiger partial charge on any atom is -0.346 e. The zero-order chi connectivity index (χ0) is 14.3. The maximum atomic E-state index is 13.9. The van der Waals surface area contributed by atoms with E-state index in [2.05, 4.69) is 10.7 Å². The number of carbonyl (C=O) groups excluding carboxylic acids is 1. The molecule has 1 amide bonds. The fourth-order valence-corrected chi connectivity index (χ4v) is 2.14. The van der Waals surface area contributed by atoms with E-state index in [9.17, 15) is 13.6 Å². The molecular weight excluding hydrogens is 264 g/mol. The quantitative estimate of drug-likeness (QED) is 0.824. The zero-order valence-electron chi connectivity index (χ0n) is 10.6. The summed E-state index contributed by atoms with van der Waals surface area (Å²) in [6.07, 6.45) is 4.52. The van der Waals surface area contributed by atoms with Crippen LogP contribution in [0.15, 0.2) is 48.1 Å². The van der Waals surface area contributed by atoms with Crippen LogP contribution in [0.1, 0.15) is 12.5 Å². The predicted molar refractivity (Wildman–Crippen MR) is 69.3 cm³/mol. The zero-order valence-corrected chi connectivity index (χ0v) is 10.6. The van der Waals surface area contributed by atoms with Crippen molar-refractivity contribution in [2.45, 2.75) is 6.92 Å². The standard InChI is InChI=1S/C14H11F2N3O/c1-8-11(10-3-2-9(15)6-12(10)16)7-13-17-5-4-14(20)19(13)18-8/h2-7,17-18H,1H3. The van der Waals surface area contributed by atoms with Crippen LogP contribution in [-0.2, 0) is 4.79 Å². The van der Waals surface area contributed by atoms with E-state index >= 15 is 0 Å². The second kappa shape index (κ2) is 4.48. The Morgan fingerprint density at radius 1 is 1.25 bits per heavy atom. The summed E-state index contributed by atoms with van der Waals surface area (Å²) in [4.78, 5) is 11.7. The first-order valence-electron chi connectivity index (χ1n) is 5.98. The van der Waals surface area contributed by atoms with E-state index in [-0.39, 0.29) is 11.5 Å². The molecule has 102 valence electrons. The first-order valence-corrected chi connectivity index (χ1v) is 5.98. The summed E-state index contributed by atoms with van der Waals surface area (Å²) in [7, 11) is 0. The van der Waals surface area contributed by atoms with Crippen LogP contribution in [0.4, 0.5) is 8.78 Å². The SMILES string of the molecule is CC1=C(c2ccc(F)cc2F)C=C2NC=CC(=O)N2N1. The Hall–Kier alpha value is -2.63. The number of nitrogens with zero attached hydrogens (tertiary/aromatic N) is 1. The number of allylic oxidation sites excluding steroid dienone is 3. The Balaban J connectivity index is 2.06. The third-order valence-electron chi connectivity index (χ3n) is 3.10. The highest BCUT2D eigenvalue weighted by molar-refractivity contribution is 5.91. The average Bonchev–Trinajstić information content (AvgIpc) is 2.40. The van der Waals surface area contributed by atoms with Crippen LogP contribution in [0.3, 0.4) is 0 Å². The topological polar surface area (TPSA) is 44.4 Å². The molecule has 0 unspecified atom stereocenters. The summed E-state index contributed by atoms with van der Waals surface area (Å²) >= 11 is 0. The lowest BCUT2D eigenvalue weighted by Crippen LogP contribution is -2.47. The number of fused-ring (bicyclic) bond motifs is 1. The van der Waals surface area contributed by atoms with E-state index < -0.39 is 11.6 Å². The molecule has 0 aliphatic carbocycles. The van der Waals surface area contributed by atoms with Gasteiger partial charge in [-0.2, -0.15) is 0 Å².